The molecule has 0 aromatic heterocycles. The average molecular weight is 472 g/mol. The predicted octanol–water partition coefficient (Wildman–Crippen LogP) is 3.13. The Bertz CT molecular complexity index is 574. The van der Waals surface area contributed by atoms with E-state index in [1.54, 1.807) is 0 Å². The van der Waals surface area contributed by atoms with Crippen molar-refractivity contribution in [2.45, 2.75) is 64.4 Å². The molecule has 0 radical (unpaired) electrons. The highest BCUT2D eigenvalue weighted by atomic mass is 127. The fourth-order valence-corrected chi connectivity index (χ4v) is 3.81. The smallest absolute Gasteiger partial charge is 0.191 e. The molecule has 3 unspecified atom stereocenters. The Balaban J connectivity index is 0.00000243. The van der Waals surface area contributed by atoms with Crippen LogP contribution in [-0.4, -0.2) is 49.2 Å². The number of guanidine groups is 1. The molecule has 3 rings (SSSR count). The lowest BCUT2D eigenvalue weighted by molar-refractivity contribution is 0.0992. The van der Waals surface area contributed by atoms with Crippen LogP contribution in [0.2, 0.25) is 0 Å². The third-order valence-electron chi connectivity index (χ3n) is 5.44. The molecule has 0 saturated carbocycles. The first-order valence-corrected chi connectivity index (χ1v) is 9.64. The van der Waals surface area contributed by atoms with Crippen LogP contribution in [0.5, 0.6) is 0 Å². The summed E-state index contributed by atoms with van der Waals surface area (Å²) in [6, 6.07) is 9.28. The monoisotopic (exact) mass is 472 g/mol. The lowest BCUT2D eigenvalue weighted by Gasteiger charge is -2.22. The van der Waals surface area contributed by atoms with Gasteiger partial charge in [-0.05, 0) is 43.5 Å². The van der Waals surface area contributed by atoms with Gasteiger partial charge in [0.25, 0.3) is 0 Å². The normalized spacial score (nSPS) is 24.6. The quantitative estimate of drug-likeness (QED) is 0.364. The van der Waals surface area contributed by atoms with Crippen LogP contribution < -0.4 is 10.6 Å². The number of rotatable bonds is 7. The lowest BCUT2D eigenvalue weighted by atomic mass is 9.96. The third kappa shape index (κ3) is 5.57. The van der Waals surface area contributed by atoms with Crippen LogP contribution in [0.4, 0.5) is 0 Å². The maximum atomic E-state index is 5.91. The second kappa shape index (κ2) is 10.5. The van der Waals surface area contributed by atoms with Gasteiger partial charge >= 0.3 is 0 Å². The molecule has 2 saturated heterocycles. The average Bonchev–Trinajstić information content (AvgIpc) is 3.27. The van der Waals surface area contributed by atoms with Crippen LogP contribution in [-0.2, 0) is 17.8 Å². The van der Waals surface area contributed by atoms with E-state index in [2.05, 4.69) is 58.6 Å². The molecular weight excluding hydrogens is 439 g/mol. The van der Waals surface area contributed by atoms with Gasteiger partial charge in [0, 0.05) is 20.1 Å². The van der Waals surface area contributed by atoms with Crippen molar-refractivity contribution < 1.29 is 4.74 Å². The van der Waals surface area contributed by atoms with E-state index in [-0.39, 0.29) is 24.0 Å². The van der Waals surface area contributed by atoms with Gasteiger partial charge in [0.1, 0.15) is 0 Å². The molecule has 1 aromatic carbocycles. The molecule has 0 spiro atoms. The maximum Gasteiger partial charge on any atom is 0.191 e. The molecule has 2 fully saturated rings. The van der Waals surface area contributed by atoms with E-state index in [9.17, 15) is 0 Å². The molecule has 3 atom stereocenters. The van der Waals surface area contributed by atoms with Gasteiger partial charge in [-0.3, -0.25) is 9.89 Å². The number of benzene rings is 1. The largest absolute Gasteiger partial charge is 0.373 e. The summed E-state index contributed by atoms with van der Waals surface area (Å²) in [5, 5.41) is 6.95. The summed E-state index contributed by atoms with van der Waals surface area (Å²) in [6.07, 6.45) is 4.31. The van der Waals surface area contributed by atoms with E-state index in [1.807, 2.05) is 7.05 Å². The summed E-state index contributed by atoms with van der Waals surface area (Å²) < 4.78 is 5.91. The molecule has 2 bridgehead atoms. The van der Waals surface area contributed by atoms with E-state index in [4.69, 9.17) is 4.74 Å². The second-order valence-electron chi connectivity index (χ2n) is 7.06. The number of nitrogens with one attached hydrogen (secondary N) is 2. The summed E-state index contributed by atoms with van der Waals surface area (Å²) in [4.78, 5) is 6.79. The van der Waals surface area contributed by atoms with Crippen molar-refractivity contribution >= 4 is 29.9 Å². The molecular formula is C20H33IN4O. The molecule has 26 heavy (non-hydrogen) atoms. The Hall–Kier alpha value is -0.860. The van der Waals surface area contributed by atoms with Gasteiger partial charge in [-0.15, -0.1) is 24.0 Å². The Kier molecular flexibility index (Phi) is 8.63. The van der Waals surface area contributed by atoms with E-state index >= 15 is 0 Å². The fourth-order valence-electron chi connectivity index (χ4n) is 3.81. The maximum absolute atomic E-state index is 5.91. The zero-order valence-corrected chi connectivity index (χ0v) is 18.5. The molecule has 2 aliphatic rings. The Morgan fingerprint density at radius 1 is 1.15 bits per heavy atom. The number of hydrogen-bond donors (Lipinski definition) is 2. The first-order chi connectivity index (χ1) is 12.2. The minimum Gasteiger partial charge on any atom is -0.373 e. The molecule has 146 valence electrons. The fraction of sp³-hybridized carbons (Fsp3) is 0.650. The Labute approximate surface area is 175 Å². The molecule has 0 amide bonds. The number of ether oxygens (including phenoxy) is 1. The minimum atomic E-state index is 0. The summed E-state index contributed by atoms with van der Waals surface area (Å²) in [5.41, 5.74) is 2.64. The standard InChI is InChI=1S/C20H32N4O.HI/c1-4-24(5-2)14-16-8-6-15(7-9-16)13-22-20(21-3)23-18-12-17-10-11-19(18)25-17;/h6-9,17-19H,4-5,10-14H2,1-3H3,(H2,21,22,23);1H. The summed E-state index contributed by atoms with van der Waals surface area (Å²) in [5.74, 6) is 0.869. The van der Waals surface area contributed by atoms with Crippen LogP contribution in [0.15, 0.2) is 29.3 Å². The van der Waals surface area contributed by atoms with E-state index < -0.39 is 0 Å². The van der Waals surface area contributed by atoms with Gasteiger partial charge < -0.3 is 15.4 Å². The van der Waals surface area contributed by atoms with Gasteiger partial charge in [0.2, 0.25) is 0 Å². The summed E-state index contributed by atoms with van der Waals surface area (Å²) in [6.45, 7) is 8.41. The number of aliphatic imine (C=N–C) groups is 1. The van der Waals surface area contributed by atoms with Gasteiger partial charge in [-0.2, -0.15) is 0 Å². The highest BCUT2D eigenvalue weighted by Crippen LogP contribution is 2.34. The highest BCUT2D eigenvalue weighted by molar-refractivity contribution is 14.0. The second-order valence-corrected chi connectivity index (χ2v) is 7.06. The SMILES string of the molecule is CCN(CC)Cc1ccc(CNC(=NC)NC2CC3CCC2O3)cc1.I. The number of fused-ring (bicyclic) bond motifs is 2. The molecule has 2 aliphatic heterocycles. The van der Waals surface area contributed by atoms with Crippen molar-refractivity contribution in [3.63, 3.8) is 0 Å². The Morgan fingerprint density at radius 3 is 2.38 bits per heavy atom. The van der Waals surface area contributed by atoms with Gasteiger partial charge in [0.15, 0.2) is 5.96 Å². The first-order valence-electron chi connectivity index (χ1n) is 9.64. The lowest BCUT2D eigenvalue weighted by Crippen LogP contribution is -2.47. The van der Waals surface area contributed by atoms with Crippen molar-refractivity contribution in [2.75, 3.05) is 20.1 Å². The van der Waals surface area contributed by atoms with Gasteiger partial charge in [-0.25, -0.2) is 0 Å². The molecule has 2 heterocycles. The Morgan fingerprint density at radius 2 is 1.85 bits per heavy atom. The molecule has 1 aromatic rings. The number of nitrogens with zero attached hydrogens (tertiary/aromatic N) is 2. The zero-order chi connectivity index (χ0) is 17.6. The molecule has 2 N–H and O–H groups in total. The van der Waals surface area contributed by atoms with Crippen LogP contribution in [0, 0.1) is 0 Å². The number of halogens is 1. The highest BCUT2D eigenvalue weighted by Gasteiger charge is 2.41. The van der Waals surface area contributed by atoms with Crippen molar-refractivity contribution in [1.82, 2.24) is 15.5 Å². The molecule has 6 heteroatoms. The topological polar surface area (TPSA) is 48.9 Å². The van der Waals surface area contributed by atoms with Crippen LogP contribution in [0.25, 0.3) is 0 Å². The van der Waals surface area contributed by atoms with E-state index in [0.717, 1.165) is 38.6 Å². The third-order valence-corrected chi connectivity index (χ3v) is 5.44. The van der Waals surface area contributed by atoms with Crippen molar-refractivity contribution in [2.24, 2.45) is 4.99 Å². The number of hydrogen-bond acceptors (Lipinski definition) is 3. The zero-order valence-electron chi connectivity index (χ0n) is 16.2. The molecule has 0 aliphatic carbocycles. The van der Waals surface area contributed by atoms with Crippen LogP contribution in [0.1, 0.15) is 44.2 Å². The predicted molar refractivity (Wildman–Crippen MR) is 118 cm³/mol. The van der Waals surface area contributed by atoms with E-state index in [1.165, 1.54) is 24.0 Å². The van der Waals surface area contributed by atoms with Crippen molar-refractivity contribution in [3.8, 4) is 0 Å². The first kappa shape index (κ1) is 21.4. The van der Waals surface area contributed by atoms with Crippen molar-refractivity contribution in [3.05, 3.63) is 35.4 Å². The summed E-state index contributed by atoms with van der Waals surface area (Å²) in [7, 11) is 1.83. The van der Waals surface area contributed by atoms with Crippen LogP contribution >= 0.6 is 24.0 Å². The van der Waals surface area contributed by atoms with Gasteiger partial charge in [0.05, 0.1) is 18.2 Å². The van der Waals surface area contributed by atoms with Gasteiger partial charge in [-0.1, -0.05) is 38.1 Å². The summed E-state index contributed by atoms with van der Waals surface area (Å²) >= 11 is 0. The molecule has 5 nitrogen and oxygen atoms in total. The van der Waals surface area contributed by atoms with Crippen LogP contribution in [0.3, 0.4) is 0 Å². The minimum absolute atomic E-state index is 0. The van der Waals surface area contributed by atoms with Crippen molar-refractivity contribution in [1.29, 1.82) is 0 Å². The van der Waals surface area contributed by atoms with E-state index in [0.29, 0.717) is 18.2 Å².